The summed E-state index contributed by atoms with van der Waals surface area (Å²) in [5.74, 6) is -0.885. The zero-order chi connectivity index (χ0) is 23.6. The van der Waals surface area contributed by atoms with Crippen LogP contribution in [0.2, 0.25) is 0 Å². The maximum Gasteiger partial charge on any atom is 0.408 e. The van der Waals surface area contributed by atoms with Crippen LogP contribution < -0.4 is 10.6 Å². The number of carbonyl (C=O) groups excluding carboxylic acids is 3. The molecule has 7 heteroatoms. The highest BCUT2D eigenvalue weighted by Crippen LogP contribution is 2.16. The number of alkyl carbamates (subject to hydrolysis) is 1. The molecule has 0 saturated heterocycles. The van der Waals surface area contributed by atoms with Crippen molar-refractivity contribution in [2.45, 2.75) is 85.6 Å². The first-order chi connectivity index (χ1) is 14.4. The molecule has 0 unspecified atom stereocenters. The molecule has 7 nitrogen and oxygen atoms in total. The molecule has 31 heavy (non-hydrogen) atoms. The average molecular weight is 435 g/mol. The molecule has 0 aromatic heterocycles. The predicted molar refractivity (Wildman–Crippen MR) is 120 cm³/mol. The van der Waals surface area contributed by atoms with E-state index in [9.17, 15) is 14.4 Å². The summed E-state index contributed by atoms with van der Waals surface area (Å²) in [6.07, 6.45) is 0.418. The lowest BCUT2D eigenvalue weighted by atomic mass is 9.97. The number of nitrogens with one attached hydrogen (secondary N) is 2. The Morgan fingerprint density at radius 3 is 2.13 bits per heavy atom. The third-order valence-corrected chi connectivity index (χ3v) is 4.70. The Morgan fingerprint density at radius 2 is 1.61 bits per heavy atom. The van der Waals surface area contributed by atoms with Gasteiger partial charge in [-0.2, -0.15) is 0 Å². The minimum Gasteiger partial charge on any atom is -0.458 e. The number of amides is 2. The zero-order valence-corrected chi connectivity index (χ0v) is 19.9. The minimum absolute atomic E-state index is 0.107. The second-order valence-electron chi connectivity index (χ2n) is 9.29. The summed E-state index contributed by atoms with van der Waals surface area (Å²) >= 11 is 0. The highest BCUT2D eigenvalue weighted by molar-refractivity contribution is 5.89. The molecule has 0 spiro atoms. The second kappa shape index (κ2) is 12.3. The van der Waals surface area contributed by atoms with Crippen molar-refractivity contribution in [3.8, 4) is 0 Å². The monoisotopic (exact) mass is 434 g/mol. The first-order valence-electron chi connectivity index (χ1n) is 10.9. The highest BCUT2D eigenvalue weighted by Gasteiger charge is 2.33. The van der Waals surface area contributed by atoms with Gasteiger partial charge in [0.1, 0.15) is 24.3 Å². The molecule has 0 fully saturated rings. The van der Waals surface area contributed by atoms with Crippen LogP contribution in [0.1, 0.15) is 66.9 Å². The Morgan fingerprint density at radius 1 is 1.00 bits per heavy atom. The van der Waals surface area contributed by atoms with Gasteiger partial charge in [0, 0.05) is 0 Å². The summed E-state index contributed by atoms with van der Waals surface area (Å²) < 4.78 is 10.7. The fourth-order valence-corrected chi connectivity index (χ4v) is 2.90. The molecule has 1 rings (SSSR count). The fraction of sp³-hybridized carbons (Fsp3) is 0.625. The lowest BCUT2D eigenvalue weighted by Gasteiger charge is -2.29. The SMILES string of the molecule is CC[C@H](C)[C@H](NC(=O)[C@@H](CC(C)C)NC(=O)OCc1ccccc1)C(=O)OC(C)(C)C. The molecule has 1 aromatic rings. The summed E-state index contributed by atoms with van der Waals surface area (Å²) in [5.41, 5.74) is 0.189. The van der Waals surface area contributed by atoms with E-state index in [1.807, 2.05) is 58.0 Å². The summed E-state index contributed by atoms with van der Waals surface area (Å²) in [5, 5.41) is 5.43. The van der Waals surface area contributed by atoms with E-state index in [1.165, 1.54) is 0 Å². The van der Waals surface area contributed by atoms with Crippen LogP contribution in [0.4, 0.5) is 4.79 Å². The van der Waals surface area contributed by atoms with Gasteiger partial charge < -0.3 is 20.1 Å². The molecule has 0 aliphatic heterocycles. The van der Waals surface area contributed by atoms with Gasteiger partial charge in [-0.15, -0.1) is 0 Å². The van der Waals surface area contributed by atoms with E-state index in [0.717, 1.165) is 5.56 Å². The summed E-state index contributed by atoms with van der Waals surface area (Å²) in [6, 6.07) is 7.68. The van der Waals surface area contributed by atoms with E-state index in [1.54, 1.807) is 20.8 Å². The molecule has 1 aromatic carbocycles. The van der Waals surface area contributed by atoms with Crippen molar-refractivity contribution >= 4 is 18.0 Å². The third kappa shape index (κ3) is 10.3. The van der Waals surface area contributed by atoms with Gasteiger partial charge in [-0.3, -0.25) is 4.79 Å². The lowest BCUT2D eigenvalue weighted by Crippen LogP contribution is -2.54. The largest absolute Gasteiger partial charge is 0.458 e. The van der Waals surface area contributed by atoms with Crippen LogP contribution in [-0.4, -0.2) is 35.7 Å². The van der Waals surface area contributed by atoms with Gasteiger partial charge in [-0.1, -0.05) is 64.4 Å². The van der Waals surface area contributed by atoms with Crippen molar-refractivity contribution in [1.82, 2.24) is 10.6 Å². The maximum atomic E-state index is 13.0. The first-order valence-corrected chi connectivity index (χ1v) is 10.9. The number of hydrogen-bond donors (Lipinski definition) is 2. The molecule has 0 bridgehead atoms. The maximum absolute atomic E-state index is 13.0. The van der Waals surface area contributed by atoms with E-state index in [-0.39, 0.29) is 18.4 Å². The number of rotatable bonds is 10. The molecule has 2 amide bonds. The Hall–Kier alpha value is -2.57. The van der Waals surface area contributed by atoms with Gasteiger partial charge in [0.25, 0.3) is 0 Å². The number of benzene rings is 1. The van der Waals surface area contributed by atoms with Crippen molar-refractivity contribution in [1.29, 1.82) is 0 Å². The van der Waals surface area contributed by atoms with E-state index in [4.69, 9.17) is 9.47 Å². The minimum atomic E-state index is -0.822. The fourth-order valence-electron chi connectivity index (χ4n) is 2.90. The van der Waals surface area contributed by atoms with Crippen LogP contribution in [0, 0.1) is 11.8 Å². The number of ether oxygens (including phenoxy) is 2. The Labute approximate surface area is 186 Å². The molecule has 3 atom stereocenters. The van der Waals surface area contributed by atoms with Crippen LogP contribution in [0.5, 0.6) is 0 Å². The van der Waals surface area contributed by atoms with Gasteiger partial charge in [0.2, 0.25) is 5.91 Å². The molecule has 0 heterocycles. The normalized spacial score (nSPS) is 14.3. The van der Waals surface area contributed by atoms with Gasteiger partial charge in [-0.05, 0) is 44.6 Å². The number of hydrogen-bond acceptors (Lipinski definition) is 5. The van der Waals surface area contributed by atoms with Crippen molar-refractivity contribution < 1.29 is 23.9 Å². The number of carbonyl (C=O) groups is 3. The molecule has 174 valence electrons. The van der Waals surface area contributed by atoms with Crippen LogP contribution in [-0.2, 0) is 25.7 Å². The third-order valence-electron chi connectivity index (χ3n) is 4.70. The molecule has 0 aliphatic carbocycles. The van der Waals surface area contributed by atoms with Gasteiger partial charge >= 0.3 is 12.1 Å². The van der Waals surface area contributed by atoms with Crippen LogP contribution in [0.15, 0.2) is 30.3 Å². The second-order valence-corrected chi connectivity index (χ2v) is 9.29. The molecular formula is C24H38N2O5. The van der Waals surface area contributed by atoms with Crippen LogP contribution in [0.3, 0.4) is 0 Å². The zero-order valence-electron chi connectivity index (χ0n) is 19.9. The Kier molecular flexibility index (Phi) is 10.5. The van der Waals surface area contributed by atoms with Gasteiger partial charge in [-0.25, -0.2) is 9.59 Å². The topological polar surface area (TPSA) is 93.7 Å². The lowest BCUT2D eigenvalue weighted by molar-refractivity contribution is -0.160. The molecule has 2 N–H and O–H groups in total. The van der Waals surface area contributed by atoms with Crippen molar-refractivity contribution in [3.63, 3.8) is 0 Å². The molecule has 0 radical (unpaired) electrons. The summed E-state index contributed by atoms with van der Waals surface area (Å²) in [7, 11) is 0. The molecular weight excluding hydrogens is 396 g/mol. The van der Waals surface area contributed by atoms with Gasteiger partial charge in [0.15, 0.2) is 0 Å². The van der Waals surface area contributed by atoms with Crippen LogP contribution >= 0.6 is 0 Å². The standard InChI is InChI=1S/C24H38N2O5/c1-8-17(4)20(22(28)31-24(5,6)7)26-21(27)19(14-16(2)3)25-23(29)30-15-18-12-10-9-11-13-18/h9-13,16-17,19-20H,8,14-15H2,1-7H3,(H,25,29)(H,26,27)/t17-,19+,20-/m0/s1. The number of esters is 1. The summed E-state index contributed by atoms with van der Waals surface area (Å²) in [4.78, 5) is 38.0. The van der Waals surface area contributed by atoms with Crippen molar-refractivity contribution in [2.75, 3.05) is 0 Å². The first kappa shape index (κ1) is 26.5. The van der Waals surface area contributed by atoms with Crippen molar-refractivity contribution in [2.24, 2.45) is 11.8 Å². The van der Waals surface area contributed by atoms with Crippen molar-refractivity contribution in [3.05, 3.63) is 35.9 Å². The van der Waals surface area contributed by atoms with Crippen LogP contribution in [0.25, 0.3) is 0 Å². The van der Waals surface area contributed by atoms with E-state index in [2.05, 4.69) is 10.6 Å². The average Bonchev–Trinajstić information content (AvgIpc) is 2.68. The van der Waals surface area contributed by atoms with E-state index < -0.39 is 35.7 Å². The Bertz CT molecular complexity index is 712. The van der Waals surface area contributed by atoms with E-state index in [0.29, 0.717) is 12.8 Å². The molecule has 0 aliphatic rings. The quantitative estimate of drug-likeness (QED) is 0.538. The highest BCUT2D eigenvalue weighted by atomic mass is 16.6. The smallest absolute Gasteiger partial charge is 0.408 e. The Balaban J connectivity index is 2.83. The predicted octanol–water partition coefficient (Wildman–Crippen LogP) is 4.20. The summed E-state index contributed by atoms with van der Waals surface area (Å²) in [6.45, 7) is 13.2. The van der Waals surface area contributed by atoms with Gasteiger partial charge in [0.05, 0.1) is 0 Å². The molecule has 0 saturated carbocycles. The van der Waals surface area contributed by atoms with E-state index >= 15 is 0 Å².